The van der Waals surface area contributed by atoms with E-state index in [2.05, 4.69) is 0 Å². The van der Waals surface area contributed by atoms with Crippen LogP contribution in [0.3, 0.4) is 0 Å². The molecule has 0 saturated carbocycles. The van der Waals surface area contributed by atoms with E-state index in [-0.39, 0.29) is 11.8 Å². The van der Waals surface area contributed by atoms with Crippen molar-refractivity contribution in [1.82, 2.24) is 0 Å². The van der Waals surface area contributed by atoms with Crippen LogP contribution < -0.4 is 0 Å². The minimum absolute atomic E-state index is 0.128. The van der Waals surface area contributed by atoms with Crippen molar-refractivity contribution in [2.45, 2.75) is 26.2 Å². The smallest absolute Gasteiger partial charge is 0.316 e. The molecule has 70 valence electrons. The summed E-state index contributed by atoms with van der Waals surface area (Å²) in [5.41, 5.74) is 0.430. The average Bonchev–Trinajstić information content (AvgIpc) is 2.43. The Morgan fingerprint density at radius 2 is 2.15 bits per heavy atom. The molecule has 1 aliphatic carbocycles. The Bertz CT molecular complexity index is 303. The SMILES string of the molecule is CC1=CC(=O)CC[C@@]12CCOC2=O. The second-order valence-electron chi connectivity index (χ2n) is 3.76. The van der Waals surface area contributed by atoms with Gasteiger partial charge in [-0.2, -0.15) is 0 Å². The minimum atomic E-state index is -0.450. The van der Waals surface area contributed by atoms with E-state index in [0.717, 1.165) is 12.0 Å². The molecule has 2 aliphatic rings. The summed E-state index contributed by atoms with van der Waals surface area (Å²) in [5.74, 6) is -0.0171. The zero-order valence-electron chi connectivity index (χ0n) is 7.63. The number of allylic oxidation sites excluding steroid dienone is 1. The van der Waals surface area contributed by atoms with Crippen molar-refractivity contribution in [3.8, 4) is 0 Å². The molecule has 0 bridgehead atoms. The Hall–Kier alpha value is -1.12. The number of esters is 1. The topological polar surface area (TPSA) is 43.4 Å². The van der Waals surface area contributed by atoms with Gasteiger partial charge in [-0.05, 0) is 19.4 Å². The lowest BCUT2D eigenvalue weighted by molar-refractivity contribution is -0.145. The average molecular weight is 180 g/mol. The maximum absolute atomic E-state index is 11.5. The molecule has 3 nitrogen and oxygen atoms in total. The zero-order chi connectivity index (χ0) is 9.47. The number of carbonyl (C=O) groups is 2. The highest BCUT2D eigenvalue weighted by atomic mass is 16.5. The molecule has 0 aromatic carbocycles. The van der Waals surface area contributed by atoms with E-state index in [4.69, 9.17) is 4.74 Å². The highest BCUT2D eigenvalue weighted by Gasteiger charge is 2.47. The molecule has 3 heteroatoms. The van der Waals surface area contributed by atoms with E-state index in [1.165, 1.54) is 0 Å². The van der Waals surface area contributed by atoms with Crippen molar-refractivity contribution in [2.75, 3.05) is 6.61 Å². The van der Waals surface area contributed by atoms with Crippen LogP contribution in [0, 0.1) is 5.41 Å². The van der Waals surface area contributed by atoms with Gasteiger partial charge in [0.05, 0.1) is 12.0 Å². The first-order valence-electron chi connectivity index (χ1n) is 4.54. The van der Waals surface area contributed by atoms with Crippen molar-refractivity contribution < 1.29 is 14.3 Å². The maximum atomic E-state index is 11.5. The molecule has 1 saturated heterocycles. The van der Waals surface area contributed by atoms with Gasteiger partial charge in [0, 0.05) is 12.8 Å². The molecule has 1 aliphatic heterocycles. The van der Waals surface area contributed by atoms with Crippen LogP contribution in [0.2, 0.25) is 0 Å². The van der Waals surface area contributed by atoms with Gasteiger partial charge in [0.15, 0.2) is 5.78 Å². The number of hydrogen-bond donors (Lipinski definition) is 0. The third-order valence-electron chi connectivity index (χ3n) is 3.08. The van der Waals surface area contributed by atoms with Crippen LogP contribution in [0.4, 0.5) is 0 Å². The monoisotopic (exact) mass is 180 g/mol. The molecular weight excluding hydrogens is 168 g/mol. The molecule has 1 fully saturated rings. The van der Waals surface area contributed by atoms with Crippen LogP contribution in [0.1, 0.15) is 26.2 Å². The lowest BCUT2D eigenvalue weighted by Gasteiger charge is -2.28. The summed E-state index contributed by atoms with van der Waals surface area (Å²) in [6, 6.07) is 0. The fourth-order valence-electron chi connectivity index (χ4n) is 2.13. The molecule has 0 N–H and O–H groups in total. The van der Waals surface area contributed by atoms with E-state index in [0.29, 0.717) is 19.4 Å². The van der Waals surface area contributed by atoms with Crippen molar-refractivity contribution in [2.24, 2.45) is 5.41 Å². The number of hydrogen-bond acceptors (Lipinski definition) is 3. The minimum Gasteiger partial charge on any atom is -0.465 e. The lowest BCUT2D eigenvalue weighted by Crippen LogP contribution is -2.31. The lowest BCUT2D eigenvalue weighted by atomic mass is 9.72. The van der Waals surface area contributed by atoms with E-state index in [1.54, 1.807) is 6.08 Å². The zero-order valence-corrected chi connectivity index (χ0v) is 7.63. The molecule has 0 aromatic rings. The Morgan fingerprint density at radius 1 is 1.38 bits per heavy atom. The first-order chi connectivity index (χ1) is 6.15. The summed E-state index contributed by atoms with van der Waals surface area (Å²) in [6.07, 6.45) is 3.44. The quantitative estimate of drug-likeness (QED) is 0.526. The van der Waals surface area contributed by atoms with Gasteiger partial charge in [0.2, 0.25) is 0 Å². The van der Waals surface area contributed by atoms with Gasteiger partial charge in [-0.25, -0.2) is 0 Å². The van der Waals surface area contributed by atoms with Crippen LogP contribution in [0.15, 0.2) is 11.6 Å². The van der Waals surface area contributed by atoms with E-state index in [9.17, 15) is 9.59 Å². The highest BCUT2D eigenvalue weighted by molar-refractivity contribution is 5.95. The second-order valence-corrected chi connectivity index (χ2v) is 3.76. The number of rotatable bonds is 0. The highest BCUT2D eigenvalue weighted by Crippen LogP contribution is 2.43. The van der Waals surface area contributed by atoms with Crippen LogP contribution in [0.5, 0.6) is 0 Å². The predicted molar refractivity (Wildman–Crippen MR) is 46.0 cm³/mol. The van der Waals surface area contributed by atoms with Gasteiger partial charge in [0.25, 0.3) is 0 Å². The molecule has 0 unspecified atom stereocenters. The van der Waals surface area contributed by atoms with E-state index >= 15 is 0 Å². The summed E-state index contributed by atoms with van der Waals surface area (Å²) in [5, 5.41) is 0. The molecular formula is C10H12O3. The van der Waals surface area contributed by atoms with Gasteiger partial charge in [-0.1, -0.05) is 5.57 Å². The van der Waals surface area contributed by atoms with Crippen molar-refractivity contribution in [1.29, 1.82) is 0 Å². The summed E-state index contributed by atoms with van der Waals surface area (Å²) < 4.78 is 4.96. The normalized spacial score (nSPS) is 33.5. The molecule has 13 heavy (non-hydrogen) atoms. The summed E-state index contributed by atoms with van der Waals surface area (Å²) >= 11 is 0. The number of ether oxygens (including phenoxy) is 1. The second kappa shape index (κ2) is 2.69. The Kier molecular flexibility index (Phi) is 1.75. The van der Waals surface area contributed by atoms with Crippen molar-refractivity contribution >= 4 is 11.8 Å². The standard InChI is InChI=1S/C10H12O3/c1-7-6-8(11)2-3-10(7)4-5-13-9(10)12/h6H,2-5H2,1H3/t10-/m1/s1. The molecule has 0 radical (unpaired) electrons. The largest absolute Gasteiger partial charge is 0.465 e. The molecule has 2 rings (SSSR count). The van der Waals surface area contributed by atoms with Crippen LogP contribution in [-0.4, -0.2) is 18.4 Å². The third-order valence-corrected chi connectivity index (χ3v) is 3.08. The van der Waals surface area contributed by atoms with Gasteiger partial charge < -0.3 is 4.74 Å². The van der Waals surface area contributed by atoms with Gasteiger partial charge in [0.1, 0.15) is 0 Å². The molecule has 0 amide bonds. The maximum Gasteiger partial charge on any atom is 0.316 e. The van der Waals surface area contributed by atoms with Crippen LogP contribution >= 0.6 is 0 Å². The molecule has 1 atom stereocenters. The van der Waals surface area contributed by atoms with E-state index in [1.807, 2.05) is 6.92 Å². The van der Waals surface area contributed by atoms with Crippen molar-refractivity contribution in [3.63, 3.8) is 0 Å². The number of cyclic esters (lactones) is 1. The van der Waals surface area contributed by atoms with Gasteiger partial charge in [-0.3, -0.25) is 9.59 Å². The Balaban J connectivity index is 2.38. The molecule has 1 spiro atoms. The van der Waals surface area contributed by atoms with Gasteiger partial charge in [-0.15, -0.1) is 0 Å². The number of carbonyl (C=O) groups excluding carboxylic acids is 2. The summed E-state index contributed by atoms with van der Waals surface area (Å²) in [4.78, 5) is 22.6. The first kappa shape index (κ1) is 8.48. The Labute approximate surface area is 76.8 Å². The fourth-order valence-corrected chi connectivity index (χ4v) is 2.13. The summed E-state index contributed by atoms with van der Waals surface area (Å²) in [6.45, 7) is 2.35. The summed E-state index contributed by atoms with van der Waals surface area (Å²) in [7, 11) is 0. The van der Waals surface area contributed by atoms with Crippen molar-refractivity contribution in [3.05, 3.63) is 11.6 Å². The predicted octanol–water partition coefficient (Wildman–Crippen LogP) is 1.23. The third kappa shape index (κ3) is 1.10. The fraction of sp³-hybridized carbons (Fsp3) is 0.600. The number of ketones is 1. The van der Waals surface area contributed by atoms with Gasteiger partial charge >= 0.3 is 5.97 Å². The Morgan fingerprint density at radius 3 is 2.69 bits per heavy atom. The van der Waals surface area contributed by atoms with Crippen LogP contribution in [0.25, 0.3) is 0 Å². The first-order valence-corrected chi connectivity index (χ1v) is 4.54. The van der Waals surface area contributed by atoms with Crippen LogP contribution in [-0.2, 0) is 14.3 Å². The van der Waals surface area contributed by atoms with E-state index < -0.39 is 5.41 Å². The molecule has 0 aromatic heterocycles. The molecule has 1 heterocycles.